The van der Waals surface area contributed by atoms with E-state index in [2.05, 4.69) is 40.1 Å². The third-order valence-corrected chi connectivity index (χ3v) is 3.70. The van der Waals surface area contributed by atoms with Crippen LogP contribution in [0.25, 0.3) is 0 Å². The Bertz CT molecular complexity index is 558. The first-order valence-corrected chi connectivity index (χ1v) is 8.28. The van der Waals surface area contributed by atoms with Crippen LogP contribution in [0.2, 0.25) is 0 Å². The molecular formula is C18H26N4O. The molecule has 2 rings (SSSR count). The molecule has 0 saturated carbocycles. The second-order valence-electron chi connectivity index (χ2n) is 5.34. The molecule has 0 amide bonds. The standard InChI is InChI=1S/C18H26N4O/c1-3-22(4-2)13-7-10-19-15-16-8-5-9-17(14-16)23-18-20-11-6-12-21-18/h5-6,8-9,11-12,14,19H,3-4,7,10,13,15H2,1-2H3. The predicted molar refractivity (Wildman–Crippen MR) is 92.7 cm³/mol. The fraction of sp³-hybridized carbons (Fsp3) is 0.444. The number of nitrogens with zero attached hydrogens (tertiary/aromatic N) is 3. The monoisotopic (exact) mass is 314 g/mol. The van der Waals surface area contributed by atoms with Crippen molar-refractivity contribution in [2.45, 2.75) is 26.8 Å². The van der Waals surface area contributed by atoms with Crippen LogP contribution < -0.4 is 10.1 Å². The van der Waals surface area contributed by atoms with E-state index in [0.717, 1.165) is 44.9 Å². The molecule has 0 spiro atoms. The Morgan fingerprint density at radius 3 is 2.61 bits per heavy atom. The van der Waals surface area contributed by atoms with E-state index in [-0.39, 0.29) is 0 Å². The number of aromatic nitrogens is 2. The Labute approximate surface area is 138 Å². The highest BCUT2D eigenvalue weighted by molar-refractivity contribution is 5.30. The predicted octanol–water partition coefficient (Wildman–Crippen LogP) is 3.09. The molecule has 1 aromatic heterocycles. The number of hydrogen-bond acceptors (Lipinski definition) is 5. The van der Waals surface area contributed by atoms with Gasteiger partial charge in [-0.2, -0.15) is 0 Å². The topological polar surface area (TPSA) is 50.3 Å². The first-order valence-electron chi connectivity index (χ1n) is 8.28. The van der Waals surface area contributed by atoms with Crippen LogP contribution in [0.15, 0.2) is 42.7 Å². The Morgan fingerprint density at radius 2 is 1.87 bits per heavy atom. The maximum atomic E-state index is 5.65. The van der Waals surface area contributed by atoms with E-state index in [1.165, 1.54) is 5.56 Å². The number of rotatable bonds is 10. The summed E-state index contributed by atoms with van der Waals surface area (Å²) in [5.41, 5.74) is 1.20. The zero-order valence-electron chi connectivity index (χ0n) is 14.0. The summed E-state index contributed by atoms with van der Waals surface area (Å²) < 4.78 is 5.65. The molecule has 23 heavy (non-hydrogen) atoms. The van der Waals surface area contributed by atoms with Gasteiger partial charge < -0.3 is 15.0 Å². The molecule has 0 atom stereocenters. The second-order valence-corrected chi connectivity index (χ2v) is 5.34. The van der Waals surface area contributed by atoms with Gasteiger partial charge in [0.25, 0.3) is 0 Å². The number of ether oxygens (including phenoxy) is 1. The van der Waals surface area contributed by atoms with Gasteiger partial charge in [-0.25, -0.2) is 9.97 Å². The van der Waals surface area contributed by atoms with Crippen LogP contribution in [0.3, 0.4) is 0 Å². The lowest BCUT2D eigenvalue weighted by atomic mass is 10.2. The minimum Gasteiger partial charge on any atom is -0.424 e. The largest absolute Gasteiger partial charge is 0.424 e. The van der Waals surface area contributed by atoms with E-state index in [4.69, 9.17) is 4.74 Å². The summed E-state index contributed by atoms with van der Waals surface area (Å²) in [4.78, 5) is 10.6. The SMILES string of the molecule is CCN(CC)CCCNCc1cccc(Oc2ncccn2)c1. The quantitative estimate of drug-likeness (QED) is 0.683. The summed E-state index contributed by atoms with van der Waals surface area (Å²) in [6, 6.07) is 10.2. The number of hydrogen-bond donors (Lipinski definition) is 1. The van der Waals surface area contributed by atoms with E-state index >= 15 is 0 Å². The summed E-state index contributed by atoms with van der Waals surface area (Å²) >= 11 is 0. The first kappa shape index (κ1) is 17.4. The molecule has 1 heterocycles. The van der Waals surface area contributed by atoms with Gasteiger partial charge in [-0.1, -0.05) is 26.0 Å². The van der Waals surface area contributed by atoms with Crippen LogP contribution in [0.4, 0.5) is 0 Å². The van der Waals surface area contributed by atoms with Gasteiger partial charge in [0.1, 0.15) is 5.75 Å². The van der Waals surface area contributed by atoms with Gasteiger partial charge in [-0.05, 0) is 56.4 Å². The molecule has 1 N–H and O–H groups in total. The zero-order chi connectivity index (χ0) is 16.3. The molecule has 0 unspecified atom stereocenters. The molecule has 0 aliphatic carbocycles. The molecule has 0 aliphatic heterocycles. The van der Waals surface area contributed by atoms with Crippen molar-refractivity contribution in [1.82, 2.24) is 20.2 Å². The third kappa shape index (κ3) is 6.34. The average Bonchev–Trinajstić information content (AvgIpc) is 2.59. The third-order valence-electron chi connectivity index (χ3n) is 3.70. The molecule has 0 saturated heterocycles. The highest BCUT2D eigenvalue weighted by Gasteiger charge is 2.01. The lowest BCUT2D eigenvalue weighted by molar-refractivity contribution is 0.298. The molecule has 0 aliphatic rings. The van der Waals surface area contributed by atoms with Crippen LogP contribution in [-0.4, -0.2) is 41.0 Å². The number of benzene rings is 1. The van der Waals surface area contributed by atoms with Gasteiger partial charge in [0.05, 0.1) is 0 Å². The molecule has 2 aromatic rings. The van der Waals surface area contributed by atoms with E-state index in [9.17, 15) is 0 Å². The van der Waals surface area contributed by atoms with Crippen LogP contribution in [0, 0.1) is 0 Å². The van der Waals surface area contributed by atoms with Crippen molar-refractivity contribution >= 4 is 0 Å². The van der Waals surface area contributed by atoms with E-state index in [1.807, 2.05) is 18.2 Å². The van der Waals surface area contributed by atoms with Crippen molar-refractivity contribution < 1.29 is 4.74 Å². The van der Waals surface area contributed by atoms with Crippen LogP contribution in [0.1, 0.15) is 25.8 Å². The van der Waals surface area contributed by atoms with Gasteiger partial charge >= 0.3 is 6.01 Å². The van der Waals surface area contributed by atoms with Gasteiger partial charge in [0, 0.05) is 18.9 Å². The van der Waals surface area contributed by atoms with E-state index < -0.39 is 0 Å². The molecular weight excluding hydrogens is 288 g/mol. The van der Waals surface area contributed by atoms with E-state index in [1.54, 1.807) is 18.5 Å². The summed E-state index contributed by atoms with van der Waals surface area (Å²) in [5.74, 6) is 0.763. The fourth-order valence-corrected chi connectivity index (χ4v) is 2.36. The summed E-state index contributed by atoms with van der Waals surface area (Å²) in [5, 5.41) is 3.48. The Kier molecular flexibility index (Phi) is 7.49. The molecule has 1 aromatic carbocycles. The Morgan fingerprint density at radius 1 is 1.09 bits per heavy atom. The maximum Gasteiger partial charge on any atom is 0.321 e. The molecule has 0 fully saturated rings. The maximum absolute atomic E-state index is 5.65. The molecule has 0 bridgehead atoms. The molecule has 5 heteroatoms. The normalized spacial score (nSPS) is 10.9. The van der Waals surface area contributed by atoms with Gasteiger partial charge in [-0.15, -0.1) is 0 Å². The Balaban J connectivity index is 1.75. The molecule has 0 radical (unpaired) electrons. The highest BCUT2D eigenvalue weighted by Crippen LogP contribution is 2.18. The minimum atomic E-state index is 0.372. The van der Waals surface area contributed by atoms with Crippen molar-refractivity contribution in [2.75, 3.05) is 26.2 Å². The van der Waals surface area contributed by atoms with Crippen molar-refractivity contribution in [1.29, 1.82) is 0 Å². The average molecular weight is 314 g/mol. The fourth-order valence-electron chi connectivity index (χ4n) is 2.36. The highest BCUT2D eigenvalue weighted by atomic mass is 16.5. The van der Waals surface area contributed by atoms with E-state index in [0.29, 0.717) is 6.01 Å². The van der Waals surface area contributed by atoms with Crippen LogP contribution >= 0.6 is 0 Å². The first-order chi connectivity index (χ1) is 11.3. The summed E-state index contributed by atoms with van der Waals surface area (Å²) in [6.45, 7) is 9.66. The van der Waals surface area contributed by atoms with Crippen molar-refractivity contribution in [3.8, 4) is 11.8 Å². The minimum absolute atomic E-state index is 0.372. The Hall–Kier alpha value is -1.98. The van der Waals surface area contributed by atoms with Crippen molar-refractivity contribution in [2.24, 2.45) is 0 Å². The lowest BCUT2D eigenvalue weighted by Gasteiger charge is -2.17. The lowest BCUT2D eigenvalue weighted by Crippen LogP contribution is -2.27. The zero-order valence-corrected chi connectivity index (χ0v) is 14.0. The van der Waals surface area contributed by atoms with Gasteiger partial charge in [0.2, 0.25) is 0 Å². The van der Waals surface area contributed by atoms with Gasteiger partial charge in [0.15, 0.2) is 0 Å². The van der Waals surface area contributed by atoms with Crippen LogP contribution in [0.5, 0.6) is 11.8 Å². The molecule has 124 valence electrons. The smallest absolute Gasteiger partial charge is 0.321 e. The summed E-state index contributed by atoms with van der Waals surface area (Å²) in [7, 11) is 0. The number of nitrogens with one attached hydrogen (secondary N) is 1. The summed E-state index contributed by atoms with van der Waals surface area (Å²) in [6.07, 6.45) is 4.50. The van der Waals surface area contributed by atoms with Gasteiger partial charge in [-0.3, -0.25) is 0 Å². The van der Waals surface area contributed by atoms with Crippen LogP contribution in [-0.2, 0) is 6.54 Å². The van der Waals surface area contributed by atoms with Crippen molar-refractivity contribution in [3.05, 3.63) is 48.3 Å². The molecule has 5 nitrogen and oxygen atoms in total. The second kappa shape index (κ2) is 9.92. The van der Waals surface area contributed by atoms with Crippen molar-refractivity contribution in [3.63, 3.8) is 0 Å².